The Morgan fingerprint density at radius 2 is 1.74 bits per heavy atom. The minimum Gasteiger partial charge on any atom is -0.310 e. The highest BCUT2D eigenvalue weighted by molar-refractivity contribution is 5.28. The first-order valence-corrected chi connectivity index (χ1v) is 7.99. The van der Waals surface area contributed by atoms with Crippen molar-refractivity contribution in [2.45, 2.75) is 58.9 Å². The summed E-state index contributed by atoms with van der Waals surface area (Å²) in [6, 6.07) is 9.20. The van der Waals surface area contributed by atoms with E-state index in [4.69, 9.17) is 0 Å². The van der Waals surface area contributed by atoms with Crippen molar-refractivity contribution >= 4 is 0 Å². The molecule has 1 nitrogen and oxygen atoms in total. The molecule has 1 aromatic rings. The SMILES string of the molecule is CCC1CCC(CNC(C)c2ccccc2C)CC1. The van der Waals surface area contributed by atoms with E-state index in [0.717, 1.165) is 11.8 Å². The normalized spacial score (nSPS) is 25.2. The van der Waals surface area contributed by atoms with Crippen LogP contribution in [0.25, 0.3) is 0 Å². The average molecular weight is 259 g/mol. The lowest BCUT2D eigenvalue weighted by atomic mass is 9.81. The quantitative estimate of drug-likeness (QED) is 0.796. The summed E-state index contributed by atoms with van der Waals surface area (Å²) in [5.74, 6) is 1.90. The summed E-state index contributed by atoms with van der Waals surface area (Å²) in [6.07, 6.45) is 7.11. The Kier molecular flexibility index (Phi) is 5.45. The molecule has 106 valence electrons. The maximum absolute atomic E-state index is 3.74. The predicted molar refractivity (Wildman–Crippen MR) is 83.3 cm³/mol. The molecule has 1 heteroatoms. The van der Waals surface area contributed by atoms with E-state index in [1.54, 1.807) is 0 Å². The van der Waals surface area contributed by atoms with Crippen LogP contribution < -0.4 is 5.32 Å². The molecule has 0 aromatic heterocycles. The second kappa shape index (κ2) is 7.09. The number of nitrogens with one attached hydrogen (secondary N) is 1. The van der Waals surface area contributed by atoms with Crippen LogP contribution in [0.3, 0.4) is 0 Å². The third kappa shape index (κ3) is 4.07. The lowest BCUT2D eigenvalue weighted by Gasteiger charge is -2.29. The van der Waals surface area contributed by atoms with Gasteiger partial charge in [-0.1, -0.05) is 50.5 Å². The fraction of sp³-hybridized carbons (Fsp3) is 0.667. The first-order valence-electron chi connectivity index (χ1n) is 7.99. The molecule has 1 N–H and O–H groups in total. The van der Waals surface area contributed by atoms with Crippen LogP contribution in [-0.2, 0) is 0 Å². The molecule has 1 atom stereocenters. The van der Waals surface area contributed by atoms with Crippen molar-refractivity contribution in [1.82, 2.24) is 5.32 Å². The lowest BCUT2D eigenvalue weighted by Crippen LogP contribution is -2.28. The van der Waals surface area contributed by atoms with Crippen molar-refractivity contribution < 1.29 is 0 Å². The Morgan fingerprint density at radius 3 is 2.37 bits per heavy atom. The zero-order valence-electron chi connectivity index (χ0n) is 12.8. The molecule has 1 unspecified atom stereocenters. The first kappa shape index (κ1) is 14.6. The molecule has 0 saturated heterocycles. The molecule has 0 heterocycles. The van der Waals surface area contributed by atoms with Crippen LogP contribution in [0, 0.1) is 18.8 Å². The molecule has 1 saturated carbocycles. The molecule has 0 amide bonds. The Balaban J connectivity index is 1.78. The van der Waals surface area contributed by atoms with Crippen molar-refractivity contribution in [2.75, 3.05) is 6.54 Å². The fourth-order valence-corrected chi connectivity index (χ4v) is 3.37. The molecule has 0 spiro atoms. The number of benzene rings is 1. The highest BCUT2D eigenvalue weighted by atomic mass is 14.9. The maximum Gasteiger partial charge on any atom is 0.0294 e. The summed E-state index contributed by atoms with van der Waals surface area (Å²) >= 11 is 0. The molecule has 2 rings (SSSR count). The summed E-state index contributed by atoms with van der Waals surface area (Å²) in [5, 5.41) is 3.74. The highest BCUT2D eigenvalue weighted by Gasteiger charge is 2.20. The maximum atomic E-state index is 3.74. The molecule has 19 heavy (non-hydrogen) atoms. The highest BCUT2D eigenvalue weighted by Crippen LogP contribution is 2.30. The van der Waals surface area contributed by atoms with Gasteiger partial charge in [-0.15, -0.1) is 0 Å². The molecule has 1 aromatic carbocycles. The standard InChI is InChI=1S/C18H29N/c1-4-16-9-11-17(12-10-16)13-19-15(3)18-8-6-5-7-14(18)2/h5-8,15-17,19H,4,9-13H2,1-3H3. The Labute approximate surface area is 118 Å². The third-order valence-electron chi connectivity index (χ3n) is 4.91. The van der Waals surface area contributed by atoms with Crippen LogP contribution in [0.1, 0.15) is 63.1 Å². The Hall–Kier alpha value is -0.820. The minimum atomic E-state index is 0.477. The van der Waals surface area contributed by atoms with E-state index in [2.05, 4.69) is 50.4 Å². The molecular formula is C18H29N. The second-order valence-electron chi connectivity index (χ2n) is 6.28. The predicted octanol–water partition coefficient (Wildman–Crippen LogP) is 4.86. The van der Waals surface area contributed by atoms with Crippen LogP contribution in [-0.4, -0.2) is 6.54 Å². The summed E-state index contributed by atoms with van der Waals surface area (Å²) in [5.41, 5.74) is 2.85. The fourth-order valence-electron chi connectivity index (χ4n) is 3.37. The summed E-state index contributed by atoms with van der Waals surface area (Å²) in [6.45, 7) is 8.02. The van der Waals surface area contributed by atoms with Gasteiger partial charge in [0, 0.05) is 6.04 Å². The zero-order valence-corrected chi connectivity index (χ0v) is 12.8. The van der Waals surface area contributed by atoms with E-state index in [0.29, 0.717) is 6.04 Å². The molecule has 1 aliphatic carbocycles. The van der Waals surface area contributed by atoms with E-state index in [9.17, 15) is 0 Å². The van der Waals surface area contributed by atoms with Crippen molar-refractivity contribution in [3.63, 3.8) is 0 Å². The van der Waals surface area contributed by atoms with Gasteiger partial charge in [-0.2, -0.15) is 0 Å². The van der Waals surface area contributed by atoms with Gasteiger partial charge < -0.3 is 5.32 Å². The number of rotatable bonds is 5. The van der Waals surface area contributed by atoms with Gasteiger partial charge in [-0.3, -0.25) is 0 Å². The Bertz CT molecular complexity index is 377. The van der Waals surface area contributed by atoms with Crippen molar-refractivity contribution in [3.8, 4) is 0 Å². The molecule has 0 aliphatic heterocycles. The summed E-state index contributed by atoms with van der Waals surface area (Å²) in [4.78, 5) is 0. The monoisotopic (exact) mass is 259 g/mol. The molecule has 1 aliphatic rings. The van der Waals surface area contributed by atoms with Gasteiger partial charge in [0.15, 0.2) is 0 Å². The van der Waals surface area contributed by atoms with E-state index >= 15 is 0 Å². The van der Waals surface area contributed by atoms with E-state index in [-0.39, 0.29) is 0 Å². The average Bonchev–Trinajstić information content (AvgIpc) is 2.46. The van der Waals surface area contributed by atoms with Crippen LogP contribution in [0.4, 0.5) is 0 Å². The smallest absolute Gasteiger partial charge is 0.0294 e. The van der Waals surface area contributed by atoms with Crippen LogP contribution in [0.15, 0.2) is 24.3 Å². The topological polar surface area (TPSA) is 12.0 Å². The lowest BCUT2D eigenvalue weighted by molar-refractivity contribution is 0.258. The van der Waals surface area contributed by atoms with Gasteiger partial charge in [-0.25, -0.2) is 0 Å². The third-order valence-corrected chi connectivity index (χ3v) is 4.91. The van der Waals surface area contributed by atoms with E-state index in [1.807, 2.05) is 0 Å². The number of hydrogen-bond donors (Lipinski definition) is 1. The van der Waals surface area contributed by atoms with Gasteiger partial charge in [0.05, 0.1) is 0 Å². The van der Waals surface area contributed by atoms with Crippen LogP contribution in [0.5, 0.6) is 0 Å². The molecule has 1 fully saturated rings. The molecular weight excluding hydrogens is 230 g/mol. The van der Waals surface area contributed by atoms with Crippen molar-refractivity contribution in [3.05, 3.63) is 35.4 Å². The molecule has 0 bridgehead atoms. The van der Waals surface area contributed by atoms with Gasteiger partial charge in [0.1, 0.15) is 0 Å². The second-order valence-corrected chi connectivity index (χ2v) is 6.28. The summed E-state index contributed by atoms with van der Waals surface area (Å²) < 4.78 is 0. The number of hydrogen-bond acceptors (Lipinski definition) is 1. The molecule has 0 radical (unpaired) electrons. The van der Waals surface area contributed by atoms with Gasteiger partial charge in [0.2, 0.25) is 0 Å². The Morgan fingerprint density at radius 1 is 1.11 bits per heavy atom. The number of aryl methyl sites for hydroxylation is 1. The summed E-state index contributed by atoms with van der Waals surface area (Å²) in [7, 11) is 0. The van der Waals surface area contributed by atoms with E-state index < -0.39 is 0 Å². The van der Waals surface area contributed by atoms with Crippen molar-refractivity contribution in [2.24, 2.45) is 11.8 Å². The van der Waals surface area contributed by atoms with Gasteiger partial charge in [-0.05, 0) is 56.2 Å². The first-order chi connectivity index (χ1) is 9.20. The minimum absolute atomic E-state index is 0.477. The van der Waals surface area contributed by atoms with Crippen molar-refractivity contribution in [1.29, 1.82) is 0 Å². The van der Waals surface area contributed by atoms with Gasteiger partial charge >= 0.3 is 0 Å². The van der Waals surface area contributed by atoms with E-state index in [1.165, 1.54) is 49.8 Å². The van der Waals surface area contributed by atoms with Crippen LogP contribution in [0.2, 0.25) is 0 Å². The zero-order chi connectivity index (χ0) is 13.7. The largest absolute Gasteiger partial charge is 0.310 e. The van der Waals surface area contributed by atoms with Gasteiger partial charge in [0.25, 0.3) is 0 Å². The van der Waals surface area contributed by atoms with Crippen LogP contribution >= 0.6 is 0 Å².